The molecule has 4 aliphatic rings. The molecule has 1 atom stereocenters. The van der Waals surface area contributed by atoms with Crippen LogP contribution in [-0.2, 0) is 9.53 Å². The fraction of sp³-hybridized carbons (Fsp3) is 0.867. The largest absolute Gasteiger partial charge is 0.467 e. The zero-order valence-electron chi connectivity index (χ0n) is 12.3. The molecular formula is C15H24N2O3. The van der Waals surface area contributed by atoms with Gasteiger partial charge in [-0.2, -0.15) is 0 Å². The van der Waals surface area contributed by atoms with Crippen molar-refractivity contribution in [1.29, 1.82) is 0 Å². The Morgan fingerprint density at radius 1 is 1.10 bits per heavy atom. The van der Waals surface area contributed by atoms with Gasteiger partial charge in [0.25, 0.3) is 0 Å². The average molecular weight is 280 g/mol. The van der Waals surface area contributed by atoms with E-state index in [1.54, 1.807) is 6.92 Å². The Morgan fingerprint density at radius 3 is 2.05 bits per heavy atom. The van der Waals surface area contributed by atoms with Gasteiger partial charge in [0.15, 0.2) is 0 Å². The number of esters is 1. The van der Waals surface area contributed by atoms with Gasteiger partial charge in [-0.05, 0) is 63.2 Å². The van der Waals surface area contributed by atoms with Crippen LogP contribution in [0.2, 0.25) is 0 Å². The van der Waals surface area contributed by atoms with Crippen molar-refractivity contribution in [3.63, 3.8) is 0 Å². The van der Waals surface area contributed by atoms with E-state index in [0.29, 0.717) is 0 Å². The molecule has 2 N–H and O–H groups in total. The predicted octanol–water partition coefficient (Wildman–Crippen LogP) is 1.82. The average Bonchev–Trinajstić information content (AvgIpc) is 2.34. The van der Waals surface area contributed by atoms with Gasteiger partial charge in [-0.15, -0.1) is 0 Å². The maximum atomic E-state index is 12.1. The van der Waals surface area contributed by atoms with Crippen molar-refractivity contribution in [2.24, 2.45) is 17.8 Å². The smallest absolute Gasteiger partial charge is 0.328 e. The van der Waals surface area contributed by atoms with Crippen LogP contribution in [0.1, 0.15) is 45.4 Å². The number of amides is 2. The fourth-order valence-corrected chi connectivity index (χ4v) is 4.97. The van der Waals surface area contributed by atoms with E-state index in [9.17, 15) is 9.59 Å². The van der Waals surface area contributed by atoms with Crippen LogP contribution >= 0.6 is 0 Å². The van der Waals surface area contributed by atoms with Crippen molar-refractivity contribution in [3.8, 4) is 0 Å². The summed E-state index contributed by atoms with van der Waals surface area (Å²) in [7, 11) is 1.33. The highest BCUT2D eigenvalue weighted by molar-refractivity contribution is 5.83. The van der Waals surface area contributed by atoms with Gasteiger partial charge in [-0.25, -0.2) is 9.59 Å². The molecule has 1 unspecified atom stereocenters. The number of urea groups is 1. The van der Waals surface area contributed by atoms with E-state index in [-0.39, 0.29) is 11.6 Å². The maximum absolute atomic E-state index is 12.1. The molecule has 2 amide bonds. The van der Waals surface area contributed by atoms with E-state index in [2.05, 4.69) is 15.4 Å². The Bertz CT molecular complexity index is 386. The second kappa shape index (κ2) is 4.93. The summed E-state index contributed by atoms with van der Waals surface area (Å²) in [4.78, 5) is 23.5. The summed E-state index contributed by atoms with van der Waals surface area (Å²) < 4.78 is 4.63. The van der Waals surface area contributed by atoms with E-state index in [1.807, 2.05) is 0 Å². The minimum atomic E-state index is -0.603. The van der Waals surface area contributed by atoms with E-state index >= 15 is 0 Å². The molecule has 0 heterocycles. The third-order valence-electron chi connectivity index (χ3n) is 5.32. The number of rotatable bonds is 3. The Labute approximate surface area is 119 Å². The third kappa shape index (κ3) is 2.50. The molecule has 5 heteroatoms. The molecule has 4 aliphatic carbocycles. The molecule has 5 nitrogen and oxygen atoms in total. The number of nitrogens with one attached hydrogen (secondary N) is 2. The lowest BCUT2D eigenvalue weighted by atomic mass is 9.53. The Morgan fingerprint density at radius 2 is 1.60 bits per heavy atom. The molecule has 112 valence electrons. The maximum Gasteiger partial charge on any atom is 0.328 e. The first-order valence-corrected chi connectivity index (χ1v) is 7.66. The number of methoxy groups -OCH3 is 1. The molecule has 0 aromatic heterocycles. The molecule has 20 heavy (non-hydrogen) atoms. The second-order valence-corrected chi connectivity index (χ2v) is 7.04. The van der Waals surface area contributed by atoms with Crippen LogP contribution in [0.5, 0.6) is 0 Å². The summed E-state index contributed by atoms with van der Waals surface area (Å²) in [5, 5.41) is 5.86. The molecule has 4 saturated carbocycles. The zero-order chi connectivity index (χ0) is 14.3. The molecular weight excluding hydrogens is 256 g/mol. The van der Waals surface area contributed by atoms with Gasteiger partial charge in [-0.3, -0.25) is 0 Å². The first-order valence-electron chi connectivity index (χ1n) is 7.66. The summed E-state index contributed by atoms with van der Waals surface area (Å²) in [6.45, 7) is 1.64. The van der Waals surface area contributed by atoms with Crippen molar-refractivity contribution in [1.82, 2.24) is 10.6 Å². The van der Waals surface area contributed by atoms with Crippen molar-refractivity contribution < 1.29 is 14.3 Å². The minimum Gasteiger partial charge on any atom is -0.467 e. The van der Waals surface area contributed by atoms with Crippen LogP contribution in [0.3, 0.4) is 0 Å². The first kappa shape index (κ1) is 13.7. The lowest BCUT2D eigenvalue weighted by molar-refractivity contribution is -0.142. The molecule has 4 bridgehead atoms. The van der Waals surface area contributed by atoms with E-state index < -0.39 is 12.0 Å². The van der Waals surface area contributed by atoms with Gasteiger partial charge in [0, 0.05) is 5.54 Å². The second-order valence-electron chi connectivity index (χ2n) is 7.04. The number of hydrogen-bond acceptors (Lipinski definition) is 3. The van der Waals surface area contributed by atoms with Crippen LogP contribution in [0.4, 0.5) is 4.79 Å². The molecule has 0 radical (unpaired) electrons. The minimum absolute atomic E-state index is 0.0192. The lowest BCUT2D eigenvalue weighted by Crippen LogP contribution is -2.62. The van der Waals surface area contributed by atoms with Gasteiger partial charge in [0.1, 0.15) is 6.04 Å². The number of ether oxygens (including phenoxy) is 1. The Kier molecular flexibility index (Phi) is 3.38. The SMILES string of the molecule is COC(=O)C(C)NC(=O)NC12CC3CC(CC(C3)C1)C2. The molecule has 4 rings (SSSR count). The summed E-state index contributed by atoms with van der Waals surface area (Å²) in [5.41, 5.74) is -0.0192. The highest BCUT2D eigenvalue weighted by Gasteiger charge is 2.51. The van der Waals surface area contributed by atoms with E-state index in [0.717, 1.165) is 37.0 Å². The van der Waals surface area contributed by atoms with Crippen LogP contribution in [-0.4, -0.2) is 30.7 Å². The molecule has 0 aromatic rings. The van der Waals surface area contributed by atoms with Crippen LogP contribution in [0, 0.1) is 17.8 Å². The van der Waals surface area contributed by atoms with Gasteiger partial charge >= 0.3 is 12.0 Å². The molecule has 0 aromatic carbocycles. The fourth-order valence-electron chi connectivity index (χ4n) is 4.97. The first-order chi connectivity index (χ1) is 9.49. The van der Waals surface area contributed by atoms with Gasteiger partial charge < -0.3 is 15.4 Å². The molecule has 4 fully saturated rings. The van der Waals surface area contributed by atoms with Crippen molar-refractivity contribution in [2.45, 2.75) is 57.0 Å². The quantitative estimate of drug-likeness (QED) is 0.775. The summed E-state index contributed by atoms with van der Waals surface area (Å²) in [5.74, 6) is 1.96. The highest BCUT2D eigenvalue weighted by atomic mass is 16.5. The van der Waals surface area contributed by atoms with Crippen molar-refractivity contribution >= 4 is 12.0 Å². The molecule has 0 saturated heterocycles. The van der Waals surface area contributed by atoms with Gasteiger partial charge in [0.05, 0.1) is 7.11 Å². The molecule has 0 spiro atoms. The van der Waals surface area contributed by atoms with E-state index in [4.69, 9.17) is 0 Å². The topological polar surface area (TPSA) is 67.4 Å². The summed E-state index contributed by atoms with van der Waals surface area (Å²) >= 11 is 0. The highest BCUT2D eigenvalue weighted by Crippen LogP contribution is 2.55. The normalized spacial score (nSPS) is 39.2. The number of carbonyl (C=O) groups excluding carboxylic acids is 2. The summed E-state index contributed by atoms with van der Waals surface area (Å²) in [6, 6.07) is -0.834. The van der Waals surface area contributed by atoms with Gasteiger partial charge in [0.2, 0.25) is 0 Å². The van der Waals surface area contributed by atoms with E-state index in [1.165, 1.54) is 26.4 Å². The van der Waals surface area contributed by atoms with Crippen LogP contribution < -0.4 is 10.6 Å². The monoisotopic (exact) mass is 280 g/mol. The number of carbonyl (C=O) groups is 2. The standard InChI is InChI=1S/C15H24N2O3/c1-9(13(18)20-2)16-14(19)17-15-6-10-3-11(7-15)5-12(4-10)8-15/h9-12H,3-8H2,1-2H3,(H2,16,17,19). The molecule has 0 aliphatic heterocycles. The predicted molar refractivity (Wildman–Crippen MR) is 74.0 cm³/mol. The van der Waals surface area contributed by atoms with Crippen LogP contribution in [0.25, 0.3) is 0 Å². The van der Waals surface area contributed by atoms with Crippen molar-refractivity contribution in [3.05, 3.63) is 0 Å². The Hall–Kier alpha value is -1.26. The zero-order valence-corrected chi connectivity index (χ0v) is 12.3. The summed E-state index contributed by atoms with van der Waals surface area (Å²) in [6.07, 6.45) is 7.38. The lowest BCUT2D eigenvalue weighted by Gasteiger charge is -2.56. The Balaban J connectivity index is 1.60. The third-order valence-corrected chi connectivity index (χ3v) is 5.32. The number of hydrogen-bond donors (Lipinski definition) is 2. The van der Waals surface area contributed by atoms with Crippen LogP contribution in [0.15, 0.2) is 0 Å². The van der Waals surface area contributed by atoms with Crippen molar-refractivity contribution in [2.75, 3.05) is 7.11 Å². The van der Waals surface area contributed by atoms with Gasteiger partial charge in [-0.1, -0.05) is 0 Å².